The maximum Gasteiger partial charge on any atom is 0.0594 e. The topological polar surface area (TPSA) is 24.4 Å². The van der Waals surface area contributed by atoms with Crippen LogP contribution in [0, 0.1) is 0 Å². The summed E-state index contributed by atoms with van der Waals surface area (Å²) in [6.45, 7) is 7.12. The van der Waals surface area contributed by atoms with Crippen molar-refractivity contribution in [3.05, 3.63) is 11.1 Å². The van der Waals surface area contributed by atoms with Crippen LogP contribution in [-0.2, 0) is 0 Å². The summed E-state index contributed by atoms with van der Waals surface area (Å²) in [4.78, 5) is 3.72. The molecule has 0 spiro atoms. The second-order valence-corrected chi connectivity index (χ2v) is 1.82. The van der Waals surface area contributed by atoms with E-state index in [2.05, 4.69) is 29.7 Å². The fourth-order valence-electron chi connectivity index (χ4n) is 0.395. The lowest BCUT2D eigenvalue weighted by Gasteiger charge is -1.98. The first-order valence-corrected chi connectivity index (χ1v) is 3.37. The molecule has 0 aromatic rings. The van der Waals surface area contributed by atoms with Crippen LogP contribution >= 0.6 is 12.6 Å². The van der Waals surface area contributed by atoms with Crippen LogP contribution in [0.4, 0.5) is 0 Å². The van der Waals surface area contributed by atoms with Crippen LogP contribution in [0.25, 0.3) is 0 Å². The van der Waals surface area contributed by atoms with Crippen LogP contribution in [0.15, 0.2) is 16.1 Å². The number of hydrogen-bond acceptors (Lipinski definition) is 3. The van der Waals surface area contributed by atoms with Gasteiger partial charge in [0, 0.05) is 6.54 Å². The Morgan fingerprint density at radius 3 is 2.89 bits per heavy atom. The van der Waals surface area contributed by atoms with Crippen LogP contribution < -0.4 is 5.32 Å². The predicted octanol–water partition coefficient (Wildman–Crippen LogP) is 1.07. The first kappa shape index (κ1) is 8.72. The molecule has 0 fully saturated rings. The van der Waals surface area contributed by atoms with Gasteiger partial charge in [-0.1, -0.05) is 6.92 Å². The van der Waals surface area contributed by atoms with E-state index in [9.17, 15) is 0 Å². The van der Waals surface area contributed by atoms with E-state index in [4.69, 9.17) is 0 Å². The van der Waals surface area contributed by atoms with E-state index in [0.717, 1.165) is 18.8 Å². The van der Waals surface area contributed by atoms with Gasteiger partial charge in [0.25, 0.3) is 0 Å². The molecule has 0 aliphatic rings. The Morgan fingerprint density at radius 1 is 1.89 bits per heavy atom. The van der Waals surface area contributed by atoms with Crippen LogP contribution in [0.2, 0.25) is 0 Å². The van der Waals surface area contributed by atoms with Crippen molar-refractivity contribution >= 4 is 19.3 Å². The molecule has 0 saturated heterocycles. The number of nitrogens with zero attached hydrogens (tertiary/aromatic N) is 1. The maximum absolute atomic E-state index is 3.93. The molecule has 0 saturated carbocycles. The first-order chi connectivity index (χ1) is 4.35. The Kier molecular flexibility index (Phi) is 5.67. The highest BCUT2D eigenvalue weighted by atomic mass is 32.1. The average molecular weight is 144 g/mol. The number of likely N-dealkylation sites (N-methyl/N-ethyl adjacent to an activating group) is 1. The molecule has 0 aliphatic carbocycles. The quantitative estimate of drug-likeness (QED) is 0.447. The van der Waals surface area contributed by atoms with E-state index in [1.165, 1.54) is 0 Å². The Bertz CT molecular complexity index is 110. The lowest BCUT2D eigenvalue weighted by molar-refractivity contribution is 0.773. The number of hydrogen-bond donors (Lipinski definition) is 2. The van der Waals surface area contributed by atoms with E-state index < -0.39 is 0 Å². The molecule has 0 aromatic carbocycles. The summed E-state index contributed by atoms with van der Waals surface area (Å²) < 4.78 is 0. The first-order valence-electron chi connectivity index (χ1n) is 2.85. The fourth-order valence-corrected chi connectivity index (χ4v) is 0.568. The number of rotatable bonds is 4. The summed E-state index contributed by atoms with van der Waals surface area (Å²) in [6.07, 6.45) is 0. The van der Waals surface area contributed by atoms with E-state index in [1.54, 1.807) is 5.41 Å². The molecule has 0 aliphatic heterocycles. The van der Waals surface area contributed by atoms with Gasteiger partial charge in [-0.2, -0.15) is 0 Å². The smallest absolute Gasteiger partial charge is 0.0594 e. The SMILES string of the molecule is C=N/C(=C\S)CNCC. The van der Waals surface area contributed by atoms with Crippen molar-refractivity contribution in [1.29, 1.82) is 0 Å². The molecule has 0 rings (SSSR count). The van der Waals surface area contributed by atoms with E-state index in [1.807, 2.05) is 6.92 Å². The van der Waals surface area contributed by atoms with Gasteiger partial charge in [0.15, 0.2) is 0 Å². The number of nitrogens with one attached hydrogen (secondary N) is 1. The highest BCUT2D eigenvalue weighted by Gasteiger charge is 1.86. The Hall–Kier alpha value is -0.280. The van der Waals surface area contributed by atoms with Gasteiger partial charge < -0.3 is 5.32 Å². The Balaban J connectivity index is 3.45. The Morgan fingerprint density at radius 2 is 2.56 bits per heavy atom. The third kappa shape index (κ3) is 4.24. The van der Waals surface area contributed by atoms with Crippen molar-refractivity contribution < 1.29 is 0 Å². The van der Waals surface area contributed by atoms with Gasteiger partial charge in [0.2, 0.25) is 0 Å². The average Bonchev–Trinajstić information content (AvgIpc) is 1.91. The monoisotopic (exact) mass is 144 g/mol. The molecule has 0 unspecified atom stereocenters. The molecular weight excluding hydrogens is 132 g/mol. The third-order valence-corrected chi connectivity index (χ3v) is 1.21. The van der Waals surface area contributed by atoms with Crippen molar-refractivity contribution in [2.75, 3.05) is 13.1 Å². The number of aliphatic imine (C=N–C) groups is 1. The standard InChI is InChI=1S/C6H12N2S/c1-3-8-4-6(5-9)7-2/h5,8-9H,2-4H2,1H3/b6-5-. The minimum absolute atomic E-state index is 0.753. The second kappa shape index (κ2) is 5.85. The molecule has 0 heterocycles. The van der Waals surface area contributed by atoms with Crippen LogP contribution in [-0.4, -0.2) is 19.8 Å². The van der Waals surface area contributed by atoms with Crippen molar-refractivity contribution in [1.82, 2.24) is 5.32 Å². The van der Waals surface area contributed by atoms with Crippen LogP contribution in [0.1, 0.15) is 6.92 Å². The van der Waals surface area contributed by atoms with Crippen LogP contribution in [0.5, 0.6) is 0 Å². The van der Waals surface area contributed by atoms with Crippen molar-refractivity contribution in [2.24, 2.45) is 4.99 Å². The zero-order valence-electron chi connectivity index (χ0n) is 5.59. The van der Waals surface area contributed by atoms with E-state index in [0.29, 0.717) is 0 Å². The molecule has 9 heavy (non-hydrogen) atoms. The van der Waals surface area contributed by atoms with Crippen molar-refractivity contribution in [3.63, 3.8) is 0 Å². The summed E-state index contributed by atoms with van der Waals surface area (Å²) in [5, 5.41) is 4.75. The molecule has 0 bridgehead atoms. The summed E-state index contributed by atoms with van der Waals surface area (Å²) in [5.41, 5.74) is 0.875. The fraction of sp³-hybridized carbons (Fsp3) is 0.500. The summed E-state index contributed by atoms with van der Waals surface area (Å²) in [5.74, 6) is 0. The lowest BCUT2D eigenvalue weighted by atomic mass is 10.5. The highest BCUT2D eigenvalue weighted by molar-refractivity contribution is 7.83. The largest absolute Gasteiger partial charge is 0.311 e. The van der Waals surface area contributed by atoms with Gasteiger partial charge in [-0.3, -0.25) is 4.99 Å². The minimum Gasteiger partial charge on any atom is -0.311 e. The normalized spacial score (nSPS) is 11.6. The van der Waals surface area contributed by atoms with Gasteiger partial charge in [-0.15, -0.1) is 12.6 Å². The number of thiol groups is 1. The van der Waals surface area contributed by atoms with E-state index >= 15 is 0 Å². The van der Waals surface area contributed by atoms with Gasteiger partial charge >= 0.3 is 0 Å². The molecule has 0 amide bonds. The van der Waals surface area contributed by atoms with Crippen molar-refractivity contribution in [2.45, 2.75) is 6.92 Å². The molecule has 0 radical (unpaired) electrons. The van der Waals surface area contributed by atoms with E-state index in [-0.39, 0.29) is 0 Å². The molecule has 3 heteroatoms. The van der Waals surface area contributed by atoms with Crippen LogP contribution in [0.3, 0.4) is 0 Å². The molecule has 52 valence electrons. The minimum atomic E-state index is 0.753. The van der Waals surface area contributed by atoms with Gasteiger partial charge in [-0.05, 0) is 18.7 Å². The zero-order valence-corrected chi connectivity index (χ0v) is 6.49. The molecular formula is C6H12N2S. The van der Waals surface area contributed by atoms with Gasteiger partial charge in [0.1, 0.15) is 0 Å². The zero-order chi connectivity index (χ0) is 7.11. The maximum atomic E-state index is 3.93. The summed E-state index contributed by atoms with van der Waals surface area (Å²) in [6, 6.07) is 0. The van der Waals surface area contributed by atoms with Crippen molar-refractivity contribution in [3.8, 4) is 0 Å². The lowest BCUT2D eigenvalue weighted by Crippen LogP contribution is -2.14. The second-order valence-electron chi connectivity index (χ2n) is 1.56. The highest BCUT2D eigenvalue weighted by Crippen LogP contribution is 1.93. The van der Waals surface area contributed by atoms with Gasteiger partial charge in [-0.25, -0.2) is 0 Å². The molecule has 0 aromatic heterocycles. The predicted molar refractivity (Wildman–Crippen MR) is 45.2 cm³/mol. The molecule has 1 N–H and O–H groups in total. The summed E-state index contributed by atoms with van der Waals surface area (Å²) in [7, 11) is 0. The molecule has 0 atom stereocenters. The Labute approximate surface area is 61.5 Å². The third-order valence-electron chi connectivity index (χ3n) is 0.908. The van der Waals surface area contributed by atoms with Gasteiger partial charge in [0.05, 0.1) is 5.70 Å². The molecule has 2 nitrogen and oxygen atoms in total. The summed E-state index contributed by atoms with van der Waals surface area (Å²) >= 11 is 3.93.